The van der Waals surface area contributed by atoms with E-state index in [0.29, 0.717) is 10.9 Å². The summed E-state index contributed by atoms with van der Waals surface area (Å²) in [6.07, 6.45) is 0. The van der Waals surface area contributed by atoms with Crippen LogP contribution < -0.4 is 9.62 Å². The Balaban J connectivity index is 2.60. The Morgan fingerprint density at radius 3 is 2.60 bits per heavy atom. The standard InChI is InChI=1S/C8H13ClN2O2S2/c1-11(2)6-5-10-15(12,13)8-4-3-7(9)14-8/h3-4,10H,5-6H2,1-2H3/p+1. The summed E-state index contributed by atoms with van der Waals surface area (Å²) < 4.78 is 26.6. The van der Waals surface area contributed by atoms with E-state index in [1.807, 2.05) is 14.1 Å². The number of thiophene rings is 1. The fourth-order valence-corrected chi connectivity index (χ4v) is 3.51. The molecule has 0 fully saturated rings. The Morgan fingerprint density at radius 2 is 2.13 bits per heavy atom. The van der Waals surface area contributed by atoms with Crippen molar-refractivity contribution in [1.29, 1.82) is 0 Å². The molecule has 15 heavy (non-hydrogen) atoms. The molecule has 1 aromatic heterocycles. The van der Waals surface area contributed by atoms with Crippen molar-refractivity contribution in [1.82, 2.24) is 4.72 Å². The Kier molecular flexibility index (Phi) is 4.54. The van der Waals surface area contributed by atoms with Crippen molar-refractivity contribution < 1.29 is 13.3 Å². The average molecular weight is 270 g/mol. The van der Waals surface area contributed by atoms with Crippen LogP contribution in [0.15, 0.2) is 16.3 Å². The van der Waals surface area contributed by atoms with Gasteiger partial charge in [-0.1, -0.05) is 11.6 Å². The van der Waals surface area contributed by atoms with Crippen molar-refractivity contribution in [2.45, 2.75) is 4.21 Å². The minimum absolute atomic E-state index is 0.265. The first-order chi connectivity index (χ1) is 6.92. The van der Waals surface area contributed by atoms with E-state index in [-0.39, 0.29) is 4.21 Å². The highest BCUT2D eigenvalue weighted by Crippen LogP contribution is 2.24. The van der Waals surface area contributed by atoms with Crippen molar-refractivity contribution in [2.75, 3.05) is 27.2 Å². The number of rotatable bonds is 5. The van der Waals surface area contributed by atoms with Crippen LogP contribution in [0.1, 0.15) is 0 Å². The average Bonchev–Trinajstić information content (AvgIpc) is 2.51. The molecule has 0 bridgehead atoms. The molecule has 0 atom stereocenters. The maximum atomic E-state index is 11.7. The SMILES string of the molecule is C[NH+](C)CCNS(=O)(=O)c1ccc(Cl)s1. The fourth-order valence-electron chi connectivity index (χ4n) is 0.949. The first-order valence-electron chi connectivity index (χ1n) is 4.46. The second-order valence-electron chi connectivity index (χ2n) is 3.41. The molecular formula is C8H14ClN2O2S2+. The van der Waals surface area contributed by atoms with E-state index in [1.54, 1.807) is 6.07 Å². The molecule has 0 saturated carbocycles. The molecule has 0 aliphatic carbocycles. The molecule has 1 heterocycles. The van der Waals surface area contributed by atoms with E-state index in [4.69, 9.17) is 11.6 Å². The summed E-state index contributed by atoms with van der Waals surface area (Å²) in [5, 5.41) is 0. The van der Waals surface area contributed by atoms with Crippen LogP contribution in [0.2, 0.25) is 4.34 Å². The smallest absolute Gasteiger partial charge is 0.250 e. The number of hydrogen-bond acceptors (Lipinski definition) is 3. The molecule has 0 unspecified atom stereocenters. The van der Waals surface area contributed by atoms with Gasteiger partial charge in [-0.25, -0.2) is 13.1 Å². The predicted molar refractivity (Wildman–Crippen MR) is 62.2 cm³/mol. The Morgan fingerprint density at radius 1 is 1.47 bits per heavy atom. The minimum atomic E-state index is -3.36. The zero-order valence-corrected chi connectivity index (χ0v) is 11.0. The molecule has 0 aromatic carbocycles. The van der Waals surface area contributed by atoms with Crippen LogP contribution >= 0.6 is 22.9 Å². The molecule has 0 aliphatic rings. The summed E-state index contributed by atoms with van der Waals surface area (Å²) in [7, 11) is 0.573. The van der Waals surface area contributed by atoms with E-state index in [9.17, 15) is 8.42 Å². The maximum Gasteiger partial charge on any atom is 0.250 e. The zero-order chi connectivity index (χ0) is 11.5. The summed E-state index contributed by atoms with van der Waals surface area (Å²) in [6.45, 7) is 1.18. The molecule has 0 spiro atoms. The Labute approximate surface area is 98.9 Å². The van der Waals surface area contributed by atoms with E-state index in [0.717, 1.165) is 17.9 Å². The van der Waals surface area contributed by atoms with Gasteiger partial charge >= 0.3 is 0 Å². The molecule has 1 aromatic rings. The van der Waals surface area contributed by atoms with Gasteiger partial charge in [0.1, 0.15) is 4.21 Å². The number of halogens is 1. The van der Waals surface area contributed by atoms with E-state index < -0.39 is 10.0 Å². The molecule has 86 valence electrons. The van der Waals surface area contributed by atoms with Crippen LogP contribution in [0.3, 0.4) is 0 Å². The van der Waals surface area contributed by atoms with Gasteiger partial charge in [0.2, 0.25) is 10.0 Å². The minimum Gasteiger partial charge on any atom is -0.339 e. The van der Waals surface area contributed by atoms with Crippen molar-refractivity contribution in [3.8, 4) is 0 Å². The van der Waals surface area contributed by atoms with Gasteiger partial charge in [0, 0.05) is 0 Å². The zero-order valence-electron chi connectivity index (χ0n) is 8.58. The molecule has 0 saturated heterocycles. The van der Waals surface area contributed by atoms with Crippen LogP contribution in [0.4, 0.5) is 0 Å². The molecule has 0 amide bonds. The molecule has 4 nitrogen and oxygen atoms in total. The van der Waals surface area contributed by atoms with Crippen LogP contribution in [0, 0.1) is 0 Å². The van der Waals surface area contributed by atoms with Gasteiger partial charge < -0.3 is 4.90 Å². The summed E-state index contributed by atoms with van der Waals surface area (Å²) in [5.41, 5.74) is 0. The number of quaternary nitrogens is 1. The van der Waals surface area contributed by atoms with Gasteiger partial charge in [-0.15, -0.1) is 11.3 Å². The quantitative estimate of drug-likeness (QED) is 0.780. The highest BCUT2D eigenvalue weighted by atomic mass is 35.5. The predicted octanol–water partition coefficient (Wildman–Crippen LogP) is -0.176. The van der Waals surface area contributed by atoms with Crippen LogP contribution in [0.5, 0.6) is 0 Å². The lowest BCUT2D eigenvalue weighted by Crippen LogP contribution is -3.06. The number of sulfonamides is 1. The molecule has 2 N–H and O–H groups in total. The summed E-state index contributed by atoms with van der Waals surface area (Å²) in [4.78, 5) is 1.20. The largest absolute Gasteiger partial charge is 0.339 e. The van der Waals surface area contributed by atoms with E-state index in [2.05, 4.69) is 4.72 Å². The number of likely N-dealkylation sites (N-methyl/N-ethyl adjacent to an activating group) is 1. The van der Waals surface area contributed by atoms with Gasteiger partial charge in [-0.05, 0) is 12.1 Å². The van der Waals surface area contributed by atoms with E-state index >= 15 is 0 Å². The van der Waals surface area contributed by atoms with Crippen LogP contribution in [0.25, 0.3) is 0 Å². The fraction of sp³-hybridized carbons (Fsp3) is 0.500. The molecule has 1 rings (SSSR count). The van der Waals surface area contributed by atoms with Gasteiger partial charge in [0.15, 0.2) is 0 Å². The first kappa shape index (κ1) is 12.9. The van der Waals surface area contributed by atoms with E-state index in [1.165, 1.54) is 11.0 Å². The summed E-state index contributed by atoms with van der Waals surface area (Å²) in [6, 6.07) is 3.09. The van der Waals surface area contributed by atoms with Gasteiger partial charge in [-0.3, -0.25) is 0 Å². The summed E-state index contributed by atoms with van der Waals surface area (Å²) in [5.74, 6) is 0. The highest BCUT2D eigenvalue weighted by Gasteiger charge is 2.16. The normalized spacial score (nSPS) is 12.3. The highest BCUT2D eigenvalue weighted by molar-refractivity contribution is 7.91. The van der Waals surface area contributed by atoms with Crippen molar-refractivity contribution in [3.63, 3.8) is 0 Å². The van der Waals surface area contributed by atoms with Crippen molar-refractivity contribution in [2.24, 2.45) is 0 Å². The van der Waals surface area contributed by atoms with Crippen LogP contribution in [-0.2, 0) is 10.0 Å². The summed E-state index contributed by atoms with van der Waals surface area (Å²) >= 11 is 6.73. The third-order valence-corrected chi connectivity index (χ3v) is 4.91. The number of nitrogens with one attached hydrogen (secondary N) is 2. The monoisotopic (exact) mass is 269 g/mol. The maximum absolute atomic E-state index is 11.7. The third kappa shape index (κ3) is 4.08. The lowest BCUT2D eigenvalue weighted by atomic mass is 10.6. The van der Waals surface area contributed by atoms with Gasteiger partial charge in [0.25, 0.3) is 0 Å². The number of hydrogen-bond donors (Lipinski definition) is 2. The molecular weight excluding hydrogens is 256 g/mol. The second-order valence-corrected chi connectivity index (χ2v) is 7.12. The van der Waals surface area contributed by atoms with Crippen molar-refractivity contribution in [3.05, 3.63) is 16.5 Å². The molecule has 0 aliphatic heterocycles. The lowest BCUT2D eigenvalue weighted by molar-refractivity contribution is -0.856. The second kappa shape index (κ2) is 5.27. The van der Waals surface area contributed by atoms with Gasteiger partial charge in [-0.2, -0.15) is 0 Å². The first-order valence-corrected chi connectivity index (χ1v) is 7.13. The topological polar surface area (TPSA) is 50.6 Å². The third-order valence-electron chi connectivity index (χ3n) is 1.73. The lowest BCUT2D eigenvalue weighted by Gasteiger charge is -2.07. The molecule has 7 heteroatoms. The van der Waals surface area contributed by atoms with Crippen molar-refractivity contribution >= 4 is 33.0 Å². The van der Waals surface area contributed by atoms with Gasteiger partial charge in [0.05, 0.1) is 31.5 Å². The molecule has 0 radical (unpaired) electrons. The Hall–Kier alpha value is -0.140. The Bertz CT molecular complexity index is 414. The van der Waals surface area contributed by atoms with Crippen LogP contribution in [-0.4, -0.2) is 35.6 Å².